The Bertz CT molecular complexity index is 325. The van der Waals surface area contributed by atoms with E-state index in [2.05, 4.69) is 0 Å². The van der Waals surface area contributed by atoms with Crippen molar-refractivity contribution in [1.29, 1.82) is 0 Å². The molecule has 1 fully saturated rings. The number of nitrogens with zero attached hydrogens (tertiary/aromatic N) is 1. The van der Waals surface area contributed by atoms with E-state index in [4.69, 9.17) is 16.3 Å². The number of esters is 1. The predicted octanol–water partition coefficient (Wildman–Crippen LogP) is 2.19. The molecule has 1 aliphatic rings. The summed E-state index contributed by atoms with van der Waals surface area (Å²) in [5.74, 6) is 0.273. The lowest BCUT2D eigenvalue weighted by Crippen LogP contribution is -2.45. The van der Waals surface area contributed by atoms with Crippen molar-refractivity contribution >= 4 is 23.5 Å². The lowest BCUT2D eigenvalue weighted by atomic mass is 10.1. The van der Waals surface area contributed by atoms with Gasteiger partial charge in [-0.1, -0.05) is 6.92 Å². The van der Waals surface area contributed by atoms with E-state index in [0.29, 0.717) is 25.3 Å². The highest BCUT2D eigenvalue weighted by Gasteiger charge is 2.38. The third-order valence-electron chi connectivity index (χ3n) is 2.90. The molecule has 2 atom stereocenters. The molecule has 0 aromatic carbocycles. The molecule has 0 radical (unpaired) electrons. The molecule has 1 heterocycles. The number of alkyl halides is 1. The van der Waals surface area contributed by atoms with Crippen LogP contribution in [0.4, 0.5) is 0 Å². The van der Waals surface area contributed by atoms with Crippen LogP contribution in [0.3, 0.4) is 0 Å². The summed E-state index contributed by atoms with van der Waals surface area (Å²) >= 11 is 5.78. The monoisotopic (exact) mass is 275 g/mol. The second-order valence-corrected chi connectivity index (χ2v) is 6.04. The summed E-state index contributed by atoms with van der Waals surface area (Å²) in [6, 6.07) is -0.482. The lowest BCUT2D eigenvalue weighted by molar-refractivity contribution is -0.163. The van der Waals surface area contributed by atoms with E-state index in [9.17, 15) is 9.59 Å². The molecule has 4 nitrogen and oxygen atoms in total. The summed E-state index contributed by atoms with van der Waals surface area (Å²) in [6.07, 6.45) is 0.998. The minimum Gasteiger partial charge on any atom is -0.458 e. The number of ether oxygens (including phenoxy) is 1. The molecular weight excluding hydrogens is 254 g/mol. The molecule has 0 spiro atoms. The van der Waals surface area contributed by atoms with Crippen molar-refractivity contribution in [1.82, 2.24) is 4.90 Å². The first-order valence-corrected chi connectivity index (χ1v) is 6.90. The van der Waals surface area contributed by atoms with Crippen molar-refractivity contribution in [2.45, 2.75) is 52.2 Å². The van der Waals surface area contributed by atoms with E-state index < -0.39 is 11.6 Å². The van der Waals surface area contributed by atoms with Gasteiger partial charge in [0.25, 0.3) is 0 Å². The third-order valence-corrected chi connectivity index (χ3v) is 3.33. The Kier molecular flexibility index (Phi) is 5.02. The molecule has 1 aliphatic heterocycles. The molecule has 0 aromatic rings. The van der Waals surface area contributed by atoms with E-state index >= 15 is 0 Å². The molecular formula is C13H22ClNO3. The van der Waals surface area contributed by atoms with Gasteiger partial charge < -0.3 is 9.64 Å². The molecule has 5 heteroatoms. The Morgan fingerprint density at radius 2 is 2.17 bits per heavy atom. The van der Waals surface area contributed by atoms with Gasteiger partial charge in [-0.05, 0) is 33.1 Å². The summed E-state index contributed by atoms with van der Waals surface area (Å²) in [7, 11) is 0. The average Bonchev–Trinajstić information content (AvgIpc) is 2.59. The molecule has 0 N–H and O–H groups in total. The fourth-order valence-corrected chi connectivity index (χ4v) is 2.30. The zero-order chi connectivity index (χ0) is 13.9. The van der Waals surface area contributed by atoms with E-state index in [1.807, 2.05) is 27.7 Å². The van der Waals surface area contributed by atoms with Gasteiger partial charge in [0, 0.05) is 18.8 Å². The average molecular weight is 276 g/mol. The zero-order valence-corrected chi connectivity index (χ0v) is 12.3. The van der Waals surface area contributed by atoms with Gasteiger partial charge in [-0.2, -0.15) is 0 Å². The number of carbonyl (C=O) groups is 2. The minimum atomic E-state index is -0.529. The fraction of sp³-hybridized carbons (Fsp3) is 0.846. The van der Waals surface area contributed by atoms with Crippen LogP contribution in [0.1, 0.15) is 40.5 Å². The van der Waals surface area contributed by atoms with E-state index in [-0.39, 0.29) is 17.8 Å². The Balaban J connectivity index is 2.72. The summed E-state index contributed by atoms with van der Waals surface area (Å²) in [4.78, 5) is 25.6. The molecule has 104 valence electrons. The van der Waals surface area contributed by atoms with Crippen LogP contribution in [0, 0.1) is 5.92 Å². The smallest absolute Gasteiger partial charge is 0.329 e. The van der Waals surface area contributed by atoms with Crippen molar-refractivity contribution < 1.29 is 14.3 Å². The van der Waals surface area contributed by atoms with Crippen molar-refractivity contribution in [2.24, 2.45) is 5.92 Å². The third kappa shape index (κ3) is 3.87. The first-order valence-electron chi connectivity index (χ1n) is 6.36. The topological polar surface area (TPSA) is 46.6 Å². The number of carbonyl (C=O) groups excluding carboxylic acids is 2. The number of halogens is 1. The van der Waals surface area contributed by atoms with Crippen LogP contribution in [0.5, 0.6) is 0 Å². The Labute approximate surface area is 114 Å². The second kappa shape index (κ2) is 5.91. The number of rotatable bonds is 4. The summed E-state index contributed by atoms with van der Waals surface area (Å²) in [6.45, 7) is 7.91. The highest BCUT2D eigenvalue weighted by molar-refractivity contribution is 6.18. The number of amides is 1. The Morgan fingerprint density at radius 1 is 1.56 bits per heavy atom. The Hall–Kier alpha value is -0.770. The molecule has 1 rings (SSSR count). The summed E-state index contributed by atoms with van der Waals surface area (Å²) < 4.78 is 5.35. The largest absolute Gasteiger partial charge is 0.458 e. The van der Waals surface area contributed by atoms with Crippen LogP contribution in [-0.2, 0) is 14.3 Å². The maximum Gasteiger partial charge on any atom is 0.329 e. The lowest BCUT2D eigenvalue weighted by Gasteiger charge is -2.29. The van der Waals surface area contributed by atoms with Crippen molar-refractivity contribution in [3.63, 3.8) is 0 Å². The molecule has 0 saturated carbocycles. The number of likely N-dealkylation sites (tertiary alicyclic amines) is 1. The molecule has 18 heavy (non-hydrogen) atoms. The number of hydrogen-bond donors (Lipinski definition) is 0. The standard InChI is InChI=1S/C13H22ClNO3/c1-5-10(12(17)18-13(2,3)4)15-8-9(7-14)6-11(15)16/h9-10H,5-8H2,1-4H3/t9?,10-/m1/s1. The molecule has 0 aliphatic carbocycles. The van der Waals surface area contributed by atoms with Crippen molar-refractivity contribution in [3.8, 4) is 0 Å². The maximum absolute atomic E-state index is 12.1. The van der Waals surface area contributed by atoms with Crippen LogP contribution < -0.4 is 0 Å². The van der Waals surface area contributed by atoms with Crippen LogP contribution in [0.25, 0.3) is 0 Å². The molecule has 0 bridgehead atoms. The van der Waals surface area contributed by atoms with Gasteiger partial charge in [0.15, 0.2) is 0 Å². The van der Waals surface area contributed by atoms with Crippen LogP contribution in [-0.4, -0.2) is 40.8 Å². The first kappa shape index (κ1) is 15.3. The van der Waals surface area contributed by atoms with Crippen LogP contribution in [0.15, 0.2) is 0 Å². The van der Waals surface area contributed by atoms with Crippen LogP contribution in [0.2, 0.25) is 0 Å². The van der Waals surface area contributed by atoms with Crippen LogP contribution >= 0.6 is 11.6 Å². The van der Waals surface area contributed by atoms with Crippen molar-refractivity contribution in [3.05, 3.63) is 0 Å². The highest BCUT2D eigenvalue weighted by Crippen LogP contribution is 2.24. The molecule has 1 saturated heterocycles. The normalized spacial score (nSPS) is 22.2. The van der Waals surface area contributed by atoms with Crippen molar-refractivity contribution in [2.75, 3.05) is 12.4 Å². The summed E-state index contributed by atoms with van der Waals surface area (Å²) in [5, 5.41) is 0. The quantitative estimate of drug-likeness (QED) is 0.584. The maximum atomic E-state index is 12.1. The SMILES string of the molecule is CC[C@H](C(=O)OC(C)(C)C)N1CC(CCl)CC1=O. The van der Waals surface area contributed by atoms with Gasteiger partial charge in [0.2, 0.25) is 5.91 Å². The van der Waals surface area contributed by atoms with Gasteiger partial charge in [0.1, 0.15) is 11.6 Å². The molecule has 1 unspecified atom stereocenters. The van der Waals surface area contributed by atoms with Gasteiger partial charge >= 0.3 is 5.97 Å². The highest BCUT2D eigenvalue weighted by atomic mass is 35.5. The fourth-order valence-electron chi connectivity index (χ4n) is 2.10. The zero-order valence-electron chi connectivity index (χ0n) is 11.5. The van der Waals surface area contributed by atoms with E-state index in [1.165, 1.54) is 0 Å². The van der Waals surface area contributed by atoms with E-state index in [1.54, 1.807) is 4.90 Å². The second-order valence-electron chi connectivity index (χ2n) is 5.73. The van der Waals surface area contributed by atoms with Gasteiger partial charge in [-0.15, -0.1) is 11.6 Å². The first-order chi connectivity index (χ1) is 8.28. The Morgan fingerprint density at radius 3 is 2.56 bits per heavy atom. The minimum absolute atomic E-state index is 0.00152. The van der Waals surface area contributed by atoms with Gasteiger partial charge in [-0.25, -0.2) is 4.79 Å². The van der Waals surface area contributed by atoms with Gasteiger partial charge in [-0.3, -0.25) is 4.79 Å². The molecule has 1 amide bonds. The number of hydrogen-bond acceptors (Lipinski definition) is 3. The van der Waals surface area contributed by atoms with E-state index in [0.717, 1.165) is 0 Å². The van der Waals surface area contributed by atoms with Gasteiger partial charge in [0.05, 0.1) is 0 Å². The predicted molar refractivity (Wildman–Crippen MR) is 70.5 cm³/mol. The summed E-state index contributed by atoms with van der Waals surface area (Å²) in [5.41, 5.74) is -0.529. The molecule has 0 aromatic heterocycles.